The van der Waals surface area contributed by atoms with Crippen LogP contribution in [0.4, 0.5) is 5.95 Å². The van der Waals surface area contributed by atoms with Gasteiger partial charge in [0.2, 0.25) is 11.9 Å². The molecule has 2 N–H and O–H groups in total. The van der Waals surface area contributed by atoms with Gasteiger partial charge in [-0.1, -0.05) is 74.5 Å². The number of anilines is 1. The third-order valence-electron chi connectivity index (χ3n) is 7.12. The zero-order valence-corrected chi connectivity index (χ0v) is 24.5. The number of nitrogens with zero attached hydrogens (tertiary/aromatic N) is 3. The van der Waals surface area contributed by atoms with Crippen LogP contribution in [0, 0.1) is 5.92 Å². The van der Waals surface area contributed by atoms with Gasteiger partial charge in [0.25, 0.3) is 5.56 Å². The molecular weight excluding hydrogens is 554 g/mol. The van der Waals surface area contributed by atoms with Crippen LogP contribution in [0.25, 0.3) is 11.2 Å². The number of hydrogen-bond donors (Lipinski definition) is 2. The minimum Gasteiger partial charge on any atom is -0.455 e. The molecule has 0 radical (unpaired) electrons. The minimum atomic E-state index is -1.10. The molecule has 2 aromatic heterocycles. The van der Waals surface area contributed by atoms with E-state index in [-0.39, 0.29) is 42.2 Å². The van der Waals surface area contributed by atoms with Crippen molar-refractivity contribution in [3.8, 4) is 0 Å². The number of benzene rings is 2. The third-order valence-corrected chi connectivity index (χ3v) is 7.12. The summed E-state index contributed by atoms with van der Waals surface area (Å²) in [5, 5.41) is 2.61. The first-order chi connectivity index (χ1) is 20.6. The van der Waals surface area contributed by atoms with E-state index in [2.05, 4.69) is 20.3 Å². The molecule has 1 amide bonds. The van der Waals surface area contributed by atoms with Gasteiger partial charge in [0, 0.05) is 12.8 Å². The molecule has 0 bridgehead atoms. The minimum absolute atomic E-state index is 0.0309. The predicted molar refractivity (Wildman–Crippen MR) is 157 cm³/mol. The summed E-state index contributed by atoms with van der Waals surface area (Å²) in [6.45, 7) is 7.25. The number of aromatic amines is 1. The molecule has 4 atom stereocenters. The number of esters is 1. The summed E-state index contributed by atoms with van der Waals surface area (Å²) in [6.07, 6.45) is -1.33. The van der Waals surface area contributed by atoms with E-state index in [4.69, 9.17) is 18.9 Å². The molecule has 226 valence electrons. The molecule has 3 heterocycles. The van der Waals surface area contributed by atoms with Gasteiger partial charge >= 0.3 is 5.97 Å². The maximum atomic E-state index is 12.9. The van der Waals surface area contributed by atoms with Crippen LogP contribution >= 0.6 is 0 Å². The van der Waals surface area contributed by atoms with Crippen LogP contribution in [-0.4, -0.2) is 55.8 Å². The Balaban J connectivity index is 1.51. The largest absolute Gasteiger partial charge is 0.455 e. The van der Waals surface area contributed by atoms with Crippen molar-refractivity contribution >= 4 is 29.0 Å². The van der Waals surface area contributed by atoms with Gasteiger partial charge < -0.3 is 18.9 Å². The van der Waals surface area contributed by atoms with E-state index in [1.165, 1.54) is 17.8 Å². The number of nitrogens with one attached hydrogen (secondary N) is 2. The Morgan fingerprint density at radius 3 is 2.35 bits per heavy atom. The van der Waals surface area contributed by atoms with Crippen LogP contribution in [0.3, 0.4) is 0 Å². The van der Waals surface area contributed by atoms with Gasteiger partial charge in [0.05, 0.1) is 26.1 Å². The van der Waals surface area contributed by atoms with Crippen molar-refractivity contribution in [3.05, 3.63) is 88.5 Å². The highest BCUT2D eigenvalue weighted by atomic mass is 16.6. The second-order valence-electron chi connectivity index (χ2n) is 11.0. The topological polar surface area (TPSA) is 147 Å². The lowest BCUT2D eigenvalue weighted by atomic mass is 9.97. The molecule has 1 aliphatic rings. The Morgan fingerprint density at radius 2 is 1.72 bits per heavy atom. The van der Waals surface area contributed by atoms with Crippen LogP contribution in [-0.2, 0) is 41.8 Å². The standard InChI is InChI=1S/C31H35N5O7/c1-19(2)27(38)34-30-33-26-23(28(39)35-30)32-18-36(26)29-24(42-20(3)37)25(41-16-22-13-9-6-10-14-22)31(4,43-29)17-40-15-21-11-7-5-8-12-21/h5-14,18-19,24-25,29H,15-17H2,1-4H3,(H2,33,34,35,38,39)/t24-,25+,29-,31-/m1/s1. The summed E-state index contributed by atoms with van der Waals surface area (Å²) in [6, 6.07) is 19.3. The first-order valence-corrected chi connectivity index (χ1v) is 14.0. The van der Waals surface area contributed by atoms with Gasteiger partial charge in [-0.05, 0) is 18.1 Å². The van der Waals surface area contributed by atoms with Crippen molar-refractivity contribution < 1.29 is 28.5 Å². The lowest BCUT2D eigenvalue weighted by Crippen LogP contribution is -2.47. The van der Waals surface area contributed by atoms with Crippen LogP contribution in [0.1, 0.15) is 45.0 Å². The lowest BCUT2D eigenvalue weighted by molar-refractivity contribution is -0.158. The zero-order valence-electron chi connectivity index (χ0n) is 24.5. The molecule has 0 aliphatic carbocycles. The van der Waals surface area contributed by atoms with Crippen LogP contribution in [0.2, 0.25) is 0 Å². The van der Waals surface area contributed by atoms with E-state index in [1.807, 2.05) is 67.6 Å². The van der Waals surface area contributed by atoms with Gasteiger partial charge in [-0.3, -0.25) is 29.3 Å². The molecule has 0 spiro atoms. The highest BCUT2D eigenvalue weighted by Gasteiger charge is 2.56. The number of hydrogen-bond acceptors (Lipinski definition) is 9. The van der Waals surface area contributed by atoms with Gasteiger partial charge in [-0.25, -0.2) is 4.98 Å². The molecule has 12 nitrogen and oxygen atoms in total. The van der Waals surface area contributed by atoms with Crippen LogP contribution < -0.4 is 10.9 Å². The third kappa shape index (κ3) is 6.82. The Bertz CT molecular complexity index is 1620. The van der Waals surface area contributed by atoms with Gasteiger partial charge in [0.1, 0.15) is 11.7 Å². The number of fused-ring (bicyclic) bond motifs is 1. The monoisotopic (exact) mass is 589 g/mol. The lowest BCUT2D eigenvalue weighted by Gasteiger charge is -2.31. The highest BCUT2D eigenvalue weighted by Crippen LogP contribution is 2.42. The number of imidazole rings is 1. The Morgan fingerprint density at radius 1 is 1.07 bits per heavy atom. The van der Waals surface area contributed by atoms with E-state index in [0.717, 1.165) is 11.1 Å². The average molecular weight is 590 g/mol. The molecular formula is C31H35N5O7. The Kier molecular flexibility index (Phi) is 9.00. The number of ether oxygens (including phenoxy) is 4. The molecule has 4 aromatic rings. The van der Waals surface area contributed by atoms with Crippen molar-refractivity contribution in [2.75, 3.05) is 11.9 Å². The molecule has 0 saturated carbocycles. The number of carbonyl (C=O) groups excluding carboxylic acids is 2. The fourth-order valence-corrected chi connectivity index (χ4v) is 4.96. The first kappa shape index (κ1) is 30.1. The summed E-state index contributed by atoms with van der Waals surface area (Å²) in [5.74, 6) is -1.23. The number of amides is 1. The summed E-state index contributed by atoms with van der Waals surface area (Å²) in [4.78, 5) is 48.9. The fourth-order valence-electron chi connectivity index (χ4n) is 4.96. The molecule has 5 rings (SSSR count). The van der Waals surface area contributed by atoms with Gasteiger partial charge in [-0.15, -0.1) is 0 Å². The smallest absolute Gasteiger partial charge is 0.303 e. The normalized spacial score (nSPS) is 21.7. The quantitative estimate of drug-likeness (QED) is 0.250. The van der Waals surface area contributed by atoms with Crippen molar-refractivity contribution in [2.24, 2.45) is 5.92 Å². The van der Waals surface area contributed by atoms with E-state index >= 15 is 0 Å². The van der Waals surface area contributed by atoms with Crippen molar-refractivity contribution in [3.63, 3.8) is 0 Å². The second-order valence-corrected chi connectivity index (χ2v) is 11.0. The fraction of sp³-hybridized carbons (Fsp3) is 0.387. The maximum absolute atomic E-state index is 12.9. The van der Waals surface area contributed by atoms with Crippen molar-refractivity contribution in [1.82, 2.24) is 19.5 Å². The van der Waals surface area contributed by atoms with Crippen LogP contribution in [0.5, 0.6) is 0 Å². The number of carbonyl (C=O) groups is 2. The first-order valence-electron chi connectivity index (χ1n) is 14.0. The Hall–Kier alpha value is -4.39. The molecule has 1 saturated heterocycles. The van der Waals surface area contributed by atoms with Crippen LogP contribution in [0.15, 0.2) is 71.8 Å². The van der Waals surface area contributed by atoms with Gasteiger partial charge in [0.15, 0.2) is 23.5 Å². The molecule has 1 fully saturated rings. The van der Waals surface area contributed by atoms with E-state index in [9.17, 15) is 14.4 Å². The van der Waals surface area contributed by atoms with E-state index < -0.39 is 35.6 Å². The van der Waals surface area contributed by atoms with Gasteiger partial charge in [-0.2, -0.15) is 4.98 Å². The molecule has 1 aliphatic heterocycles. The number of rotatable bonds is 11. The van der Waals surface area contributed by atoms with Crippen molar-refractivity contribution in [1.29, 1.82) is 0 Å². The maximum Gasteiger partial charge on any atom is 0.303 e. The molecule has 12 heteroatoms. The van der Waals surface area contributed by atoms with E-state index in [1.54, 1.807) is 13.8 Å². The summed E-state index contributed by atoms with van der Waals surface area (Å²) >= 11 is 0. The second kappa shape index (κ2) is 12.9. The number of aromatic nitrogens is 4. The van der Waals surface area contributed by atoms with Crippen molar-refractivity contribution in [2.45, 2.75) is 64.9 Å². The summed E-state index contributed by atoms with van der Waals surface area (Å²) in [5.41, 5.74) is 0.437. The number of H-pyrrole nitrogens is 1. The SMILES string of the molecule is CC(=O)O[C@H]1[C@H](n2cnc3c(=O)[nH]c(NC(=O)C(C)C)nc32)O[C@](C)(COCc2ccccc2)[C@H]1OCc1ccccc1. The van der Waals surface area contributed by atoms with E-state index in [0.29, 0.717) is 6.61 Å². The summed E-state index contributed by atoms with van der Waals surface area (Å²) < 4.78 is 26.5. The average Bonchev–Trinajstić information content (AvgIpc) is 3.51. The Labute approximate surface area is 248 Å². The molecule has 2 aromatic carbocycles. The molecule has 0 unspecified atom stereocenters. The highest BCUT2D eigenvalue weighted by molar-refractivity contribution is 5.91. The predicted octanol–water partition coefficient (Wildman–Crippen LogP) is 3.74. The zero-order chi connectivity index (χ0) is 30.6. The molecule has 43 heavy (non-hydrogen) atoms. The summed E-state index contributed by atoms with van der Waals surface area (Å²) in [7, 11) is 0.